The van der Waals surface area contributed by atoms with Crippen molar-refractivity contribution in [3.8, 4) is 0 Å². The second kappa shape index (κ2) is 6.88. The summed E-state index contributed by atoms with van der Waals surface area (Å²) < 4.78 is 30.9. The van der Waals surface area contributed by atoms with Gasteiger partial charge in [0.25, 0.3) is 5.91 Å². The highest BCUT2D eigenvalue weighted by molar-refractivity contribution is 9.10. The number of aromatic nitrogens is 2. The average Bonchev–Trinajstić information content (AvgIpc) is 3.14. The molecule has 1 aliphatic carbocycles. The van der Waals surface area contributed by atoms with Crippen molar-refractivity contribution in [1.82, 2.24) is 19.4 Å². The van der Waals surface area contributed by atoms with Crippen molar-refractivity contribution in [2.24, 2.45) is 12.0 Å². The minimum absolute atomic E-state index is 0.0626. The Bertz CT molecular complexity index is 1230. The normalized spacial score (nSPS) is 21.7. The summed E-state index contributed by atoms with van der Waals surface area (Å²) in [5, 5.41) is 4.29. The van der Waals surface area contributed by atoms with Crippen molar-refractivity contribution in [3.05, 3.63) is 40.1 Å². The van der Waals surface area contributed by atoms with Crippen LogP contribution >= 0.6 is 15.9 Å². The summed E-state index contributed by atoms with van der Waals surface area (Å²) >= 11 is 3.44. The van der Waals surface area contributed by atoms with E-state index in [4.69, 9.17) is 0 Å². The van der Waals surface area contributed by atoms with Crippen LogP contribution in [0.15, 0.2) is 38.9 Å². The van der Waals surface area contributed by atoms with Crippen LogP contribution in [-0.4, -0.2) is 53.1 Å². The Kier molecular flexibility index (Phi) is 4.58. The van der Waals surface area contributed by atoms with Crippen molar-refractivity contribution in [3.63, 3.8) is 0 Å². The quantitative estimate of drug-likeness (QED) is 0.670. The third kappa shape index (κ3) is 3.48. The van der Waals surface area contributed by atoms with E-state index in [2.05, 4.69) is 30.7 Å². The van der Waals surface area contributed by atoms with Crippen LogP contribution in [0.2, 0.25) is 0 Å². The van der Waals surface area contributed by atoms with Crippen molar-refractivity contribution in [2.45, 2.75) is 49.7 Å². The van der Waals surface area contributed by atoms with Gasteiger partial charge < -0.3 is 4.90 Å². The number of nitrogens with zero attached hydrogens (tertiary/aromatic N) is 5. The number of benzene rings is 1. The van der Waals surface area contributed by atoms with Crippen LogP contribution in [0.4, 0.5) is 5.69 Å². The molecule has 0 unspecified atom stereocenters. The molecule has 0 saturated heterocycles. The molecular formula is C20H23BrN6O3S. The maximum absolute atomic E-state index is 13.5. The molecule has 11 heteroatoms. The number of aryl methyl sites for hydroxylation is 1. The van der Waals surface area contributed by atoms with E-state index in [0.717, 1.165) is 18.4 Å². The van der Waals surface area contributed by atoms with Crippen molar-refractivity contribution < 1.29 is 13.2 Å². The molecule has 31 heavy (non-hydrogen) atoms. The SMILES string of the molecule is C[C@@H]1CN=C2N(Cc3cn(C)nc3Br)C(=O)c3cc(S(=O)(=O)NC4(C)CC4)ccc3N21. The van der Waals surface area contributed by atoms with E-state index in [1.165, 1.54) is 6.07 Å². The van der Waals surface area contributed by atoms with Crippen LogP contribution in [0.3, 0.4) is 0 Å². The summed E-state index contributed by atoms with van der Waals surface area (Å²) in [5.41, 5.74) is 1.50. The van der Waals surface area contributed by atoms with E-state index >= 15 is 0 Å². The topological polar surface area (TPSA) is 99.9 Å². The molecule has 1 saturated carbocycles. The summed E-state index contributed by atoms with van der Waals surface area (Å²) in [7, 11) is -1.91. The number of amides is 1. The van der Waals surface area contributed by atoms with Gasteiger partial charge in [-0.1, -0.05) is 0 Å². The number of nitrogens with one attached hydrogen (secondary N) is 1. The highest BCUT2D eigenvalue weighted by Crippen LogP contribution is 2.38. The summed E-state index contributed by atoms with van der Waals surface area (Å²) in [6.45, 7) is 4.76. The number of aliphatic imine (C=N–C) groups is 1. The molecule has 2 aromatic rings. The molecule has 5 rings (SSSR count). The smallest absolute Gasteiger partial charge is 0.263 e. The van der Waals surface area contributed by atoms with Gasteiger partial charge in [0, 0.05) is 24.3 Å². The molecule has 1 amide bonds. The van der Waals surface area contributed by atoms with Crippen molar-refractivity contribution >= 4 is 43.5 Å². The number of hydrogen-bond donors (Lipinski definition) is 1. The Morgan fingerprint density at radius 3 is 2.71 bits per heavy atom. The zero-order chi connectivity index (χ0) is 22.1. The third-order valence-electron chi connectivity index (χ3n) is 5.97. The zero-order valence-electron chi connectivity index (χ0n) is 17.5. The monoisotopic (exact) mass is 506 g/mol. The highest BCUT2D eigenvalue weighted by atomic mass is 79.9. The molecule has 1 aromatic carbocycles. The van der Waals surface area contributed by atoms with Crippen LogP contribution < -0.4 is 9.62 Å². The number of halogens is 1. The molecule has 0 bridgehead atoms. The number of anilines is 1. The van der Waals surface area contributed by atoms with Gasteiger partial charge in [-0.25, -0.2) is 13.1 Å². The number of fused-ring (bicyclic) bond motifs is 3. The summed E-state index contributed by atoms with van der Waals surface area (Å²) in [5.74, 6) is 0.310. The fourth-order valence-corrected chi connectivity index (χ4v) is 6.00. The van der Waals surface area contributed by atoms with E-state index in [-0.39, 0.29) is 28.9 Å². The molecule has 3 aliphatic rings. The van der Waals surface area contributed by atoms with Crippen LogP contribution in [0.5, 0.6) is 0 Å². The molecule has 0 radical (unpaired) electrons. The fourth-order valence-electron chi connectivity index (χ4n) is 4.03. The molecule has 9 nitrogen and oxygen atoms in total. The third-order valence-corrected chi connectivity index (χ3v) is 8.27. The second-order valence-corrected chi connectivity index (χ2v) is 11.1. The number of carbonyl (C=O) groups is 1. The predicted molar refractivity (Wildman–Crippen MR) is 119 cm³/mol. The maximum Gasteiger partial charge on any atom is 0.263 e. The predicted octanol–water partition coefficient (Wildman–Crippen LogP) is 2.23. The van der Waals surface area contributed by atoms with E-state index < -0.39 is 10.0 Å². The summed E-state index contributed by atoms with van der Waals surface area (Å²) in [6, 6.07) is 4.83. The van der Waals surface area contributed by atoms with Crippen LogP contribution in [0.25, 0.3) is 0 Å². The van der Waals surface area contributed by atoms with Crippen LogP contribution in [0, 0.1) is 0 Å². The summed E-state index contributed by atoms with van der Waals surface area (Å²) in [4.78, 5) is 21.8. The molecule has 1 N–H and O–H groups in total. The first kappa shape index (κ1) is 20.7. The molecule has 3 heterocycles. The molecule has 1 atom stereocenters. The zero-order valence-corrected chi connectivity index (χ0v) is 19.9. The Morgan fingerprint density at radius 1 is 1.32 bits per heavy atom. The highest BCUT2D eigenvalue weighted by Gasteiger charge is 2.43. The maximum atomic E-state index is 13.5. The number of rotatable bonds is 5. The van der Waals surface area contributed by atoms with Gasteiger partial charge >= 0.3 is 0 Å². The fraction of sp³-hybridized carbons (Fsp3) is 0.450. The molecule has 1 aromatic heterocycles. The Hall–Kier alpha value is -2.24. The first-order chi connectivity index (χ1) is 14.6. The lowest BCUT2D eigenvalue weighted by Crippen LogP contribution is -2.52. The Labute approximate surface area is 189 Å². The van der Waals surface area contributed by atoms with Gasteiger partial charge in [0.15, 0.2) is 0 Å². The van der Waals surface area contributed by atoms with Crippen LogP contribution in [-0.2, 0) is 23.6 Å². The van der Waals surface area contributed by atoms with Crippen molar-refractivity contribution in [2.75, 3.05) is 11.4 Å². The van der Waals surface area contributed by atoms with E-state index in [9.17, 15) is 13.2 Å². The molecule has 2 aliphatic heterocycles. The number of sulfonamides is 1. The van der Waals surface area contributed by atoms with E-state index in [1.54, 1.807) is 21.7 Å². The summed E-state index contributed by atoms with van der Waals surface area (Å²) in [6.07, 6.45) is 3.47. The molecule has 1 fully saturated rings. The van der Waals surface area contributed by atoms with Gasteiger partial charge in [-0.3, -0.25) is 19.4 Å². The van der Waals surface area contributed by atoms with Gasteiger partial charge in [-0.2, -0.15) is 5.10 Å². The molecule has 0 spiro atoms. The lowest BCUT2D eigenvalue weighted by atomic mass is 10.1. The Balaban J connectivity index is 1.56. The first-order valence-corrected chi connectivity index (χ1v) is 12.4. The number of hydrogen-bond acceptors (Lipinski definition) is 6. The van der Waals surface area contributed by atoms with Crippen LogP contribution in [0.1, 0.15) is 42.6 Å². The van der Waals surface area contributed by atoms with Gasteiger partial charge in [0.1, 0.15) is 4.60 Å². The number of guanidine groups is 1. The molecular weight excluding hydrogens is 484 g/mol. The second-order valence-electron chi connectivity index (χ2n) is 8.71. The molecule has 164 valence electrons. The lowest BCUT2D eigenvalue weighted by molar-refractivity contribution is 0.0832. The number of carbonyl (C=O) groups excluding carboxylic acids is 1. The minimum atomic E-state index is -3.72. The van der Waals surface area contributed by atoms with Gasteiger partial charge in [0.2, 0.25) is 16.0 Å². The minimum Gasteiger partial charge on any atom is -0.307 e. The first-order valence-electron chi connectivity index (χ1n) is 10.1. The largest absolute Gasteiger partial charge is 0.307 e. The average molecular weight is 507 g/mol. The van der Waals surface area contributed by atoms with Gasteiger partial charge in [0.05, 0.1) is 35.3 Å². The van der Waals surface area contributed by atoms with Crippen molar-refractivity contribution in [1.29, 1.82) is 0 Å². The lowest BCUT2D eigenvalue weighted by Gasteiger charge is -2.38. The van der Waals surface area contributed by atoms with Gasteiger partial charge in [-0.05, 0) is 60.8 Å². The Morgan fingerprint density at radius 2 is 2.06 bits per heavy atom. The van der Waals surface area contributed by atoms with Gasteiger partial charge in [-0.15, -0.1) is 0 Å². The van der Waals surface area contributed by atoms with E-state index in [1.807, 2.05) is 32.0 Å². The van der Waals surface area contributed by atoms with E-state index in [0.29, 0.717) is 28.4 Å². The standard InChI is InChI=1S/C20H23BrN6O3S/c1-12-9-22-19-26(11-13-10-25(3)23-17(13)21)18(28)15-8-14(4-5-16(15)27(12)19)31(29,30)24-20(2)6-7-20/h4-5,8,10,12,24H,6-7,9,11H2,1-3H3/t12-/m1/s1.